The van der Waals surface area contributed by atoms with E-state index in [0.29, 0.717) is 30.7 Å². The molecular weight excluding hydrogens is 438 g/mol. The zero-order valence-electron chi connectivity index (χ0n) is 20.5. The number of hydrogen-bond acceptors (Lipinski definition) is 4. The van der Waals surface area contributed by atoms with Crippen molar-refractivity contribution >= 4 is 11.8 Å². The maximum atomic E-state index is 13.5. The molecule has 0 spiro atoms. The topological polar surface area (TPSA) is 86.9 Å². The molecule has 2 aromatic rings. The van der Waals surface area contributed by atoms with Gasteiger partial charge in [0.25, 0.3) is 5.91 Å². The lowest BCUT2D eigenvalue weighted by Crippen LogP contribution is -2.70. The fraction of sp³-hybridized carbons (Fsp3) is 0.517. The van der Waals surface area contributed by atoms with E-state index < -0.39 is 0 Å². The van der Waals surface area contributed by atoms with Crippen LogP contribution in [0.1, 0.15) is 60.0 Å². The summed E-state index contributed by atoms with van der Waals surface area (Å²) in [7, 11) is 1.98. The molecule has 35 heavy (non-hydrogen) atoms. The lowest BCUT2D eigenvalue weighted by molar-refractivity contribution is -0.121. The number of phenolic OH excluding ortho intramolecular Hbond substituents is 1. The first-order valence-corrected chi connectivity index (χ1v) is 13.0. The largest absolute Gasteiger partial charge is 0.508 e. The van der Waals surface area contributed by atoms with Crippen molar-refractivity contribution in [2.75, 3.05) is 20.1 Å². The molecule has 184 valence electrons. The minimum Gasteiger partial charge on any atom is -0.508 e. The first kappa shape index (κ1) is 22.6. The van der Waals surface area contributed by atoms with E-state index in [0.717, 1.165) is 50.6 Å². The van der Waals surface area contributed by atoms with Gasteiger partial charge in [0.2, 0.25) is 5.91 Å². The van der Waals surface area contributed by atoms with Crippen LogP contribution in [0.5, 0.6) is 5.75 Å². The molecular formula is C29H35N3O3. The molecule has 4 aliphatic rings. The number of hydrogen-bond donors (Lipinski definition) is 2. The Hall–Kier alpha value is -2.86. The Kier molecular flexibility index (Phi) is 5.22. The lowest BCUT2D eigenvalue weighted by Gasteiger charge is -2.67. The molecule has 0 aromatic heterocycles. The average molecular weight is 474 g/mol. The Morgan fingerprint density at radius 2 is 1.89 bits per heavy atom. The van der Waals surface area contributed by atoms with Crippen LogP contribution in [0.25, 0.3) is 0 Å². The zero-order chi connectivity index (χ0) is 24.4. The van der Waals surface area contributed by atoms with Crippen molar-refractivity contribution in [2.45, 2.75) is 62.4 Å². The number of rotatable bonds is 5. The fourth-order valence-corrected chi connectivity index (χ4v) is 8.83. The Morgan fingerprint density at radius 3 is 2.66 bits per heavy atom. The number of nitrogens with zero attached hydrogens (tertiary/aromatic N) is 2. The van der Waals surface area contributed by atoms with Crippen molar-refractivity contribution in [1.29, 1.82) is 0 Å². The molecule has 2 amide bonds. The minimum atomic E-state index is -0.241. The van der Waals surface area contributed by atoms with E-state index in [2.05, 4.69) is 11.0 Å². The first-order valence-electron chi connectivity index (χ1n) is 13.0. The van der Waals surface area contributed by atoms with Crippen molar-refractivity contribution in [2.24, 2.45) is 17.1 Å². The monoisotopic (exact) mass is 473 g/mol. The van der Waals surface area contributed by atoms with Crippen molar-refractivity contribution < 1.29 is 14.7 Å². The molecule has 5 atom stereocenters. The molecule has 3 aliphatic carbocycles. The minimum absolute atomic E-state index is 0.0542. The predicted molar refractivity (Wildman–Crippen MR) is 134 cm³/mol. The highest BCUT2D eigenvalue weighted by atomic mass is 16.3. The normalized spacial score (nSPS) is 33.0. The standard InChI is InChI=1S/C29H35N3O3/c1-31(27(35)19-5-3-2-4-6-19)24-10-13-28-12-9-22(24)29(28)14-16-32(15-11-26(30)34)25(28)17-20-7-8-21(33)18-23(20)29/h2-8,18,22,24-25,33H,9-17H2,1H3,(H2,30,34). The van der Waals surface area contributed by atoms with E-state index in [1.165, 1.54) is 11.1 Å². The van der Waals surface area contributed by atoms with E-state index in [1.54, 1.807) is 0 Å². The highest BCUT2D eigenvalue weighted by Gasteiger charge is 2.71. The summed E-state index contributed by atoms with van der Waals surface area (Å²) in [6, 6.07) is 16.1. The number of likely N-dealkylation sites (tertiary alicyclic amines) is 1. The summed E-state index contributed by atoms with van der Waals surface area (Å²) in [5, 5.41) is 10.5. The van der Waals surface area contributed by atoms with Gasteiger partial charge in [-0.15, -0.1) is 0 Å². The number of phenols is 1. The molecule has 2 saturated carbocycles. The number of amides is 2. The summed E-state index contributed by atoms with van der Waals surface area (Å²) in [5.41, 5.74) is 8.96. The number of carbonyl (C=O) groups excluding carboxylic acids is 2. The first-order chi connectivity index (χ1) is 16.9. The number of primary amides is 1. The lowest BCUT2D eigenvalue weighted by atomic mass is 9.43. The Labute approximate surface area is 207 Å². The summed E-state index contributed by atoms with van der Waals surface area (Å²) in [6.45, 7) is 1.64. The summed E-state index contributed by atoms with van der Waals surface area (Å²) in [5.74, 6) is 0.539. The van der Waals surface area contributed by atoms with Crippen LogP contribution in [0.4, 0.5) is 0 Å². The van der Waals surface area contributed by atoms with Gasteiger partial charge in [0, 0.05) is 43.1 Å². The van der Waals surface area contributed by atoms with Gasteiger partial charge in [0.05, 0.1) is 0 Å². The number of aromatic hydroxyl groups is 1. The number of piperidine rings is 1. The average Bonchev–Trinajstić information content (AvgIpc) is 3.09. The second-order valence-corrected chi connectivity index (χ2v) is 11.2. The maximum Gasteiger partial charge on any atom is 0.253 e. The second kappa shape index (κ2) is 8.09. The summed E-state index contributed by atoms with van der Waals surface area (Å²) >= 11 is 0. The highest BCUT2D eigenvalue weighted by molar-refractivity contribution is 5.94. The molecule has 2 aromatic carbocycles. The van der Waals surface area contributed by atoms with Crippen LogP contribution < -0.4 is 5.73 Å². The molecule has 4 bridgehead atoms. The Morgan fingerprint density at radius 1 is 1.11 bits per heavy atom. The number of carbonyl (C=O) groups is 2. The van der Waals surface area contributed by atoms with E-state index in [1.807, 2.05) is 54.4 Å². The predicted octanol–water partition coefficient (Wildman–Crippen LogP) is 3.47. The second-order valence-electron chi connectivity index (χ2n) is 11.2. The van der Waals surface area contributed by atoms with Gasteiger partial charge in [0.1, 0.15) is 5.75 Å². The molecule has 1 aliphatic heterocycles. The van der Waals surface area contributed by atoms with E-state index in [-0.39, 0.29) is 28.7 Å². The van der Waals surface area contributed by atoms with Crippen LogP contribution in [0, 0.1) is 11.3 Å². The van der Waals surface area contributed by atoms with Crippen LogP contribution >= 0.6 is 0 Å². The molecule has 3 N–H and O–H groups in total. The summed E-state index contributed by atoms with van der Waals surface area (Å²) < 4.78 is 0. The zero-order valence-corrected chi connectivity index (χ0v) is 20.5. The van der Waals surface area contributed by atoms with Gasteiger partial charge < -0.3 is 15.7 Å². The number of benzene rings is 2. The van der Waals surface area contributed by atoms with Gasteiger partial charge in [-0.1, -0.05) is 24.3 Å². The van der Waals surface area contributed by atoms with E-state index in [9.17, 15) is 14.7 Å². The fourth-order valence-electron chi connectivity index (χ4n) is 8.83. The summed E-state index contributed by atoms with van der Waals surface area (Å²) in [6.07, 6.45) is 6.62. The van der Waals surface area contributed by atoms with E-state index >= 15 is 0 Å². The number of fused-ring (bicyclic) bond motifs is 1. The molecule has 1 heterocycles. The van der Waals surface area contributed by atoms with Gasteiger partial charge in [-0.05, 0) is 91.8 Å². The molecule has 1 saturated heterocycles. The van der Waals surface area contributed by atoms with Crippen LogP contribution in [-0.2, 0) is 16.6 Å². The third kappa shape index (κ3) is 3.11. The van der Waals surface area contributed by atoms with Gasteiger partial charge in [-0.25, -0.2) is 0 Å². The van der Waals surface area contributed by atoms with Gasteiger partial charge in [0.15, 0.2) is 0 Å². The van der Waals surface area contributed by atoms with Crippen LogP contribution in [0.2, 0.25) is 0 Å². The Bertz CT molecular complexity index is 1170. The smallest absolute Gasteiger partial charge is 0.253 e. The van der Waals surface area contributed by atoms with Gasteiger partial charge in [-0.3, -0.25) is 14.5 Å². The molecule has 6 nitrogen and oxygen atoms in total. The molecule has 6 heteroatoms. The molecule has 3 fully saturated rings. The SMILES string of the molecule is CN(C(=O)c1ccccc1)C1CCC23CCC1C21CCN(CCC(N)=O)C3Cc2ccc(O)cc21. The van der Waals surface area contributed by atoms with Crippen molar-refractivity contribution in [1.82, 2.24) is 9.80 Å². The summed E-state index contributed by atoms with van der Waals surface area (Å²) in [4.78, 5) is 29.6. The van der Waals surface area contributed by atoms with Crippen molar-refractivity contribution in [3.63, 3.8) is 0 Å². The maximum absolute atomic E-state index is 13.5. The van der Waals surface area contributed by atoms with Crippen LogP contribution in [0.15, 0.2) is 48.5 Å². The van der Waals surface area contributed by atoms with E-state index in [4.69, 9.17) is 5.73 Å². The third-order valence-corrected chi connectivity index (χ3v) is 10.1. The third-order valence-electron chi connectivity index (χ3n) is 10.1. The molecule has 6 rings (SSSR count). The molecule has 5 unspecified atom stereocenters. The van der Waals surface area contributed by atoms with Crippen LogP contribution in [-0.4, -0.2) is 58.9 Å². The van der Waals surface area contributed by atoms with Gasteiger partial charge in [-0.2, -0.15) is 0 Å². The van der Waals surface area contributed by atoms with Crippen molar-refractivity contribution in [3.8, 4) is 5.75 Å². The van der Waals surface area contributed by atoms with Gasteiger partial charge >= 0.3 is 0 Å². The van der Waals surface area contributed by atoms with Crippen molar-refractivity contribution in [3.05, 3.63) is 65.2 Å². The Balaban J connectivity index is 1.42. The molecule has 0 radical (unpaired) electrons. The number of nitrogens with two attached hydrogens (primary N) is 1. The van der Waals surface area contributed by atoms with Crippen LogP contribution in [0.3, 0.4) is 0 Å². The highest BCUT2D eigenvalue weighted by Crippen LogP contribution is 2.72. The quantitative estimate of drug-likeness (QED) is 0.696.